The summed E-state index contributed by atoms with van der Waals surface area (Å²) in [5, 5.41) is 2.96. The van der Waals surface area contributed by atoms with Gasteiger partial charge in [0.15, 0.2) is 0 Å². The molecule has 0 aliphatic carbocycles. The van der Waals surface area contributed by atoms with Crippen molar-refractivity contribution in [1.82, 2.24) is 0 Å². The maximum Gasteiger partial charge on any atom is 0.228 e. The van der Waals surface area contributed by atoms with Gasteiger partial charge in [0, 0.05) is 5.69 Å². The summed E-state index contributed by atoms with van der Waals surface area (Å²) in [4.78, 5) is 12.1. The van der Waals surface area contributed by atoms with Crippen LogP contribution in [0, 0.1) is 5.82 Å². The highest BCUT2D eigenvalue weighted by molar-refractivity contribution is 5.93. The molecule has 1 amide bonds. The van der Waals surface area contributed by atoms with E-state index in [1.54, 1.807) is 12.1 Å². The molecule has 0 unspecified atom stereocenters. The molecular weight excluding hydrogens is 265 g/mol. The van der Waals surface area contributed by atoms with Gasteiger partial charge in [0.05, 0.1) is 6.42 Å². The van der Waals surface area contributed by atoms with Crippen molar-refractivity contribution >= 4 is 11.6 Å². The number of nitrogens with one attached hydrogen (secondary N) is 1. The summed E-state index contributed by atoms with van der Waals surface area (Å²) < 4.78 is 12.9. The van der Waals surface area contributed by atoms with Gasteiger partial charge < -0.3 is 5.32 Å². The Balaban J connectivity index is 2.07. The van der Waals surface area contributed by atoms with Gasteiger partial charge in [-0.15, -0.1) is 0 Å². The van der Waals surface area contributed by atoms with Crippen molar-refractivity contribution in [1.29, 1.82) is 0 Å². The van der Waals surface area contributed by atoms with E-state index in [9.17, 15) is 9.18 Å². The predicted molar refractivity (Wildman–Crippen MR) is 83.9 cm³/mol. The van der Waals surface area contributed by atoms with E-state index in [0.717, 1.165) is 23.2 Å². The summed E-state index contributed by atoms with van der Waals surface area (Å²) in [5.41, 5.74) is 2.81. The van der Waals surface area contributed by atoms with E-state index < -0.39 is 0 Å². The highest BCUT2D eigenvalue weighted by atomic mass is 19.1. The summed E-state index contributed by atoms with van der Waals surface area (Å²) in [5.74, 6) is 0.0194. The molecule has 0 bridgehead atoms. The van der Waals surface area contributed by atoms with Crippen molar-refractivity contribution in [2.45, 2.75) is 32.6 Å². The van der Waals surface area contributed by atoms with E-state index in [-0.39, 0.29) is 18.1 Å². The molecule has 0 aromatic heterocycles. The van der Waals surface area contributed by atoms with E-state index in [2.05, 4.69) is 19.2 Å². The summed E-state index contributed by atoms with van der Waals surface area (Å²) in [6.07, 6.45) is 1.26. The Bertz CT molecular complexity index is 607. The quantitative estimate of drug-likeness (QED) is 0.859. The topological polar surface area (TPSA) is 29.1 Å². The standard InChI is InChI=1S/C18H20FNO/c1-3-13(2)16-6-4-5-7-17(16)20-18(21)12-14-8-10-15(19)11-9-14/h4-11,13H,3,12H2,1-2H3,(H,20,21)/t13-/m0/s1. The van der Waals surface area contributed by atoms with E-state index in [1.807, 2.05) is 24.3 Å². The minimum atomic E-state index is -0.290. The second-order valence-electron chi connectivity index (χ2n) is 5.25. The summed E-state index contributed by atoms with van der Waals surface area (Å²) in [7, 11) is 0. The molecule has 1 N–H and O–H groups in total. The Morgan fingerprint density at radius 3 is 2.48 bits per heavy atom. The first-order valence-corrected chi connectivity index (χ1v) is 7.23. The first-order valence-electron chi connectivity index (χ1n) is 7.23. The summed E-state index contributed by atoms with van der Waals surface area (Å²) >= 11 is 0. The zero-order chi connectivity index (χ0) is 15.2. The van der Waals surface area contributed by atoms with E-state index in [1.165, 1.54) is 12.1 Å². The van der Waals surface area contributed by atoms with Crippen LogP contribution in [-0.2, 0) is 11.2 Å². The fourth-order valence-electron chi connectivity index (χ4n) is 2.24. The second-order valence-corrected chi connectivity index (χ2v) is 5.25. The van der Waals surface area contributed by atoms with Crippen LogP contribution in [0.2, 0.25) is 0 Å². The van der Waals surface area contributed by atoms with Crippen molar-refractivity contribution in [3.05, 3.63) is 65.5 Å². The molecule has 0 fully saturated rings. The average Bonchev–Trinajstić information content (AvgIpc) is 2.49. The number of anilines is 1. The number of halogens is 1. The number of amides is 1. The molecule has 2 rings (SSSR count). The van der Waals surface area contributed by atoms with Crippen molar-refractivity contribution in [2.24, 2.45) is 0 Å². The molecule has 1 atom stereocenters. The molecule has 21 heavy (non-hydrogen) atoms. The van der Waals surface area contributed by atoms with Crippen LogP contribution >= 0.6 is 0 Å². The van der Waals surface area contributed by atoms with Crippen LogP contribution in [-0.4, -0.2) is 5.91 Å². The molecule has 3 heteroatoms. The first-order chi connectivity index (χ1) is 10.1. The molecule has 2 nitrogen and oxygen atoms in total. The van der Waals surface area contributed by atoms with Crippen LogP contribution in [0.1, 0.15) is 37.3 Å². The molecule has 0 radical (unpaired) electrons. The van der Waals surface area contributed by atoms with Crippen LogP contribution in [0.15, 0.2) is 48.5 Å². The van der Waals surface area contributed by atoms with Crippen molar-refractivity contribution in [3.63, 3.8) is 0 Å². The Hall–Kier alpha value is -2.16. The van der Waals surface area contributed by atoms with E-state index in [0.29, 0.717) is 5.92 Å². The zero-order valence-corrected chi connectivity index (χ0v) is 12.4. The number of carbonyl (C=O) groups excluding carboxylic acids is 1. The normalized spacial score (nSPS) is 12.0. The van der Waals surface area contributed by atoms with Crippen LogP contribution in [0.5, 0.6) is 0 Å². The van der Waals surface area contributed by atoms with Gasteiger partial charge in [-0.2, -0.15) is 0 Å². The Morgan fingerprint density at radius 1 is 1.14 bits per heavy atom. The van der Waals surface area contributed by atoms with Gasteiger partial charge in [0.1, 0.15) is 5.82 Å². The van der Waals surface area contributed by atoms with Crippen LogP contribution < -0.4 is 5.32 Å². The number of hydrogen-bond acceptors (Lipinski definition) is 1. The zero-order valence-electron chi connectivity index (χ0n) is 12.4. The maximum atomic E-state index is 12.9. The number of rotatable bonds is 5. The predicted octanol–water partition coefficient (Wildman–Crippen LogP) is 4.52. The monoisotopic (exact) mass is 285 g/mol. The van der Waals surface area contributed by atoms with Gasteiger partial charge >= 0.3 is 0 Å². The third-order valence-electron chi connectivity index (χ3n) is 3.66. The molecule has 2 aromatic carbocycles. The Morgan fingerprint density at radius 2 is 1.81 bits per heavy atom. The van der Waals surface area contributed by atoms with Gasteiger partial charge in [-0.3, -0.25) is 4.79 Å². The van der Waals surface area contributed by atoms with Gasteiger partial charge in [0.25, 0.3) is 0 Å². The second kappa shape index (κ2) is 7.02. The van der Waals surface area contributed by atoms with E-state index >= 15 is 0 Å². The average molecular weight is 285 g/mol. The lowest BCUT2D eigenvalue weighted by atomic mass is 9.97. The summed E-state index contributed by atoms with van der Waals surface area (Å²) in [6.45, 7) is 4.27. The van der Waals surface area contributed by atoms with Crippen LogP contribution in [0.4, 0.5) is 10.1 Å². The number of hydrogen-bond donors (Lipinski definition) is 1. The fourth-order valence-corrected chi connectivity index (χ4v) is 2.24. The largest absolute Gasteiger partial charge is 0.326 e. The molecule has 0 spiro atoms. The molecule has 110 valence electrons. The Kier molecular flexibility index (Phi) is 5.09. The van der Waals surface area contributed by atoms with Crippen molar-refractivity contribution in [3.8, 4) is 0 Å². The summed E-state index contributed by atoms with van der Waals surface area (Å²) in [6, 6.07) is 13.9. The number of carbonyl (C=O) groups is 1. The molecule has 0 saturated heterocycles. The maximum absolute atomic E-state index is 12.9. The Labute approximate surface area is 125 Å². The smallest absolute Gasteiger partial charge is 0.228 e. The number of benzene rings is 2. The van der Waals surface area contributed by atoms with Gasteiger partial charge in [-0.05, 0) is 41.7 Å². The van der Waals surface area contributed by atoms with Gasteiger partial charge in [0.2, 0.25) is 5.91 Å². The third-order valence-corrected chi connectivity index (χ3v) is 3.66. The molecule has 0 aliphatic rings. The van der Waals surface area contributed by atoms with Crippen molar-refractivity contribution in [2.75, 3.05) is 5.32 Å². The highest BCUT2D eigenvalue weighted by Crippen LogP contribution is 2.26. The lowest BCUT2D eigenvalue weighted by Gasteiger charge is -2.15. The number of para-hydroxylation sites is 1. The molecule has 2 aromatic rings. The lowest BCUT2D eigenvalue weighted by molar-refractivity contribution is -0.115. The van der Waals surface area contributed by atoms with Gasteiger partial charge in [-0.1, -0.05) is 44.2 Å². The van der Waals surface area contributed by atoms with Crippen LogP contribution in [0.3, 0.4) is 0 Å². The highest BCUT2D eigenvalue weighted by Gasteiger charge is 2.11. The minimum absolute atomic E-state index is 0.0858. The third kappa shape index (κ3) is 4.15. The molecule has 0 heterocycles. The first kappa shape index (κ1) is 15.2. The molecule has 0 saturated carbocycles. The van der Waals surface area contributed by atoms with Gasteiger partial charge in [-0.25, -0.2) is 4.39 Å². The van der Waals surface area contributed by atoms with Crippen molar-refractivity contribution < 1.29 is 9.18 Å². The molecular formula is C18H20FNO. The van der Waals surface area contributed by atoms with E-state index in [4.69, 9.17) is 0 Å². The lowest BCUT2D eigenvalue weighted by Crippen LogP contribution is -2.16. The molecule has 0 aliphatic heterocycles. The SMILES string of the molecule is CC[C@H](C)c1ccccc1NC(=O)Cc1ccc(F)cc1. The van der Waals surface area contributed by atoms with Crippen LogP contribution in [0.25, 0.3) is 0 Å². The fraction of sp³-hybridized carbons (Fsp3) is 0.278. The minimum Gasteiger partial charge on any atom is -0.326 e.